The van der Waals surface area contributed by atoms with Crippen molar-refractivity contribution in [2.45, 2.75) is 38.0 Å². The Labute approximate surface area is 172 Å². The van der Waals surface area contributed by atoms with Crippen LogP contribution < -0.4 is 5.32 Å². The van der Waals surface area contributed by atoms with Crippen LogP contribution in [0.15, 0.2) is 47.4 Å². The van der Waals surface area contributed by atoms with Crippen molar-refractivity contribution >= 4 is 21.6 Å². The van der Waals surface area contributed by atoms with Gasteiger partial charge in [0, 0.05) is 24.3 Å². The molecule has 0 unspecified atom stereocenters. The normalized spacial score (nSPS) is 15.9. The van der Waals surface area contributed by atoms with E-state index in [1.54, 1.807) is 19.1 Å². The second-order valence-corrected chi connectivity index (χ2v) is 10.2. The molecule has 156 valence electrons. The molecule has 1 heterocycles. The van der Waals surface area contributed by atoms with Crippen LogP contribution in [-0.4, -0.2) is 44.9 Å². The van der Waals surface area contributed by atoms with Crippen LogP contribution in [0, 0.1) is 6.92 Å². The Morgan fingerprint density at radius 3 is 2.38 bits per heavy atom. The van der Waals surface area contributed by atoms with Gasteiger partial charge in [-0.15, -0.1) is 0 Å². The molecule has 0 saturated carbocycles. The van der Waals surface area contributed by atoms with Crippen LogP contribution in [0.4, 0.5) is 5.69 Å². The molecule has 0 aromatic heterocycles. The molecule has 0 atom stereocenters. The molecule has 7 heteroatoms. The number of hydrogen-bond donors (Lipinski definition) is 1. The van der Waals surface area contributed by atoms with E-state index >= 15 is 0 Å². The van der Waals surface area contributed by atoms with Crippen molar-refractivity contribution in [3.63, 3.8) is 0 Å². The van der Waals surface area contributed by atoms with Gasteiger partial charge in [-0.3, -0.25) is 4.79 Å². The zero-order valence-electron chi connectivity index (χ0n) is 17.4. The number of carbonyl (C=O) groups excluding carboxylic acids is 1. The predicted molar refractivity (Wildman–Crippen MR) is 114 cm³/mol. The van der Waals surface area contributed by atoms with Crippen LogP contribution in [0.2, 0.25) is 0 Å². The topological polar surface area (TPSA) is 75.7 Å². The fourth-order valence-corrected chi connectivity index (χ4v) is 4.81. The Bertz CT molecular complexity index is 1000. The third-order valence-corrected chi connectivity index (χ3v) is 6.94. The van der Waals surface area contributed by atoms with E-state index in [1.807, 2.05) is 24.3 Å². The van der Waals surface area contributed by atoms with Crippen LogP contribution in [-0.2, 0) is 20.2 Å². The third-order valence-electron chi connectivity index (χ3n) is 5.04. The molecule has 1 aliphatic rings. The van der Waals surface area contributed by atoms with Crippen LogP contribution in [0.25, 0.3) is 0 Å². The van der Waals surface area contributed by atoms with Gasteiger partial charge >= 0.3 is 0 Å². The Hall–Kier alpha value is -2.22. The Morgan fingerprint density at radius 2 is 1.72 bits per heavy atom. The lowest BCUT2D eigenvalue weighted by atomic mass is 9.86. The number of para-hydroxylation sites is 1. The summed E-state index contributed by atoms with van der Waals surface area (Å²) in [4.78, 5) is 13.2. The molecule has 1 amide bonds. The molecule has 1 saturated heterocycles. The lowest BCUT2D eigenvalue weighted by Crippen LogP contribution is -2.40. The number of aryl methyl sites for hydroxylation is 1. The second-order valence-electron chi connectivity index (χ2n) is 8.24. The molecule has 6 nitrogen and oxygen atoms in total. The number of amides is 1. The molecule has 0 radical (unpaired) electrons. The van der Waals surface area contributed by atoms with Crippen LogP contribution in [0.1, 0.15) is 42.3 Å². The maximum absolute atomic E-state index is 13.0. The maximum Gasteiger partial charge on any atom is 0.255 e. The van der Waals surface area contributed by atoms with Gasteiger partial charge in [-0.25, -0.2) is 8.42 Å². The van der Waals surface area contributed by atoms with Gasteiger partial charge < -0.3 is 10.1 Å². The van der Waals surface area contributed by atoms with Crippen molar-refractivity contribution in [3.8, 4) is 0 Å². The number of nitrogens with one attached hydrogen (secondary N) is 1. The fourth-order valence-electron chi connectivity index (χ4n) is 3.38. The number of morpholine rings is 1. The van der Waals surface area contributed by atoms with Crippen LogP contribution in [0.3, 0.4) is 0 Å². The number of rotatable bonds is 4. The average Bonchev–Trinajstić information content (AvgIpc) is 2.68. The Balaban J connectivity index is 1.92. The highest BCUT2D eigenvalue weighted by atomic mass is 32.2. The van der Waals surface area contributed by atoms with Gasteiger partial charge in [-0.1, -0.05) is 45.0 Å². The summed E-state index contributed by atoms with van der Waals surface area (Å²) >= 11 is 0. The van der Waals surface area contributed by atoms with Crippen molar-refractivity contribution in [2.75, 3.05) is 31.6 Å². The quantitative estimate of drug-likeness (QED) is 0.827. The summed E-state index contributed by atoms with van der Waals surface area (Å²) in [6.45, 7) is 9.43. The number of carbonyl (C=O) groups is 1. The van der Waals surface area contributed by atoms with E-state index in [0.29, 0.717) is 31.9 Å². The summed E-state index contributed by atoms with van der Waals surface area (Å²) in [5.74, 6) is -0.321. The number of benzene rings is 2. The zero-order chi connectivity index (χ0) is 21.2. The van der Waals surface area contributed by atoms with Gasteiger partial charge in [0.05, 0.1) is 18.1 Å². The van der Waals surface area contributed by atoms with Crippen LogP contribution >= 0.6 is 0 Å². The maximum atomic E-state index is 13.0. The van der Waals surface area contributed by atoms with E-state index in [4.69, 9.17) is 4.74 Å². The second kappa shape index (κ2) is 8.26. The molecule has 1 aliphatic heterocycles. The van der Waals surface area contributed by atoms with Gasteiger partial charge in [-0.05, 0) is 41.7 Å². The summed E-state index contributed by atoms with van der Waals surface area (Å²) in [6.07, 6.45) is 0. The Kier molecular flexibility index (Phi) is 6.12. The molecule has 3 rings (SSSR count). The molecule has 2 aromatic carbocycles. The largest absolute Gasteiger partial charge is 0.379 e. The summed E-state index contributed by atoms with van der Waals surface area (Å²) < 4.78 is 32.6. The molecule has 1 fully saturated rings. The fraction of sp³-hybridized carbons (Fsp3) is 0.409. The minimum atomic E-state index is -3.67. The van der Waals surface area contributed by atoms with Crippen molar-refractivity contribution in [3.05, 3.63) is 59.2 Å². The molecule has 0 spiro atoms. The van der Waals surface area contributed by atoms with Gasteiger partial charge in [0.1, 0.15) is 0 Å². The molecule has 0 bridgehead atoms. The van der Waals surface area contributed by atoms with E-state index in [2.05, 4.69) is 26.1 Å². The Morgan fingerprint density at radius 1 is 1.07 bits per heavy atom. The van der Waals surface area contributed by atoms with E-state index < -0.39 is 10.0 Å². The minimum absolute atomic E-state index is 0.124. The molecule has 29 heavy (non-hydrogen) atoms. The lowest BCUT2D eigenvalue weighted by Gasteiger charge is -2.26. The molecule has 2 aromatic rings. The van der Waals surface area contributed by atoms with Crippen molar-refractivity contribution in [1.29, 1.82) is 0 Å². The van der Waals surface area contributed by atoms with Crippen molar-refractivity contribution < 1.29 is 17.9 Å². The minimum Gasteiger partial charge on any atom is -0.379 e. The number of ether oxygens (including phenoxy) is 1. The lowest BCUT2D eigenvalue weighted by molar-refractivity contribution is 0.0730. The highest BCUT2D eigenvalue weighted by molar-refractivity contribution is 7.89. The number of hydrogen-bond acceptors (Lipinski definition) is 4. The molecule has 0 aliphatic carbocycles. The first-order chi connectivity index (χ1) is 13.6. The van der Waals surface area contributed by atoms with Crippen molar-refractivity contribution in [1.82, 2.24) is 4.31 Å². The SMILES string of the molecule is Cc1ccc(S(=O)(=O)N2CCOCC2)cc1C(=O)Nc1ccccc1C(C)(C)C. The summed E-state index contributed by atoms with van der Waals surface area (Å²) in [5, 5.41) is 2.97. The molecular weight excluding hydrogens is 388 g/mol. The number of sulfonamides is 1. The standard InChI is InChI=1S/C22H28N2O4S/c1-16-9-10-17(29(26,27)24-11-13-28-14-12-24)15-18(16)21(25)23-20-8-6-5-7-19(20)22(2,3)4/h5-10,15H,11-14H2,1-4H3,(H,23,25). The highest BCUT2D eigenvalue weighted by Crippen LogP contribution is 2.30. The first-order valence-electron chi connectivity index (χ1n) is 9.70. The van der Waals surface area contributed by atoms with Crippen molar-refractivity contribution in [2.24, 2.45) is 0 Å². The smallest absolute Gasteiger partial charge is 0.255 e. The number of anilines is 1. The van der Waals surface area contributed by atoms with Gasteiger partial charge in [0.15, 0.2) is 0 Å². The monoisotopic (exact) mass is 416 g/mol. The highest BCUT2D eigenvalue weighted by Gasteiger charge is 2.27. The van der Waals surface area contributed by atoms with Gasteiger partial charge in [-0.2, -0.15) is 4.31 Å². The summed E-state index contributed by atoms with van der Waals surface area (Å²) in [5.41, 5.74) is 2.68. The van der Waals surface area contributed by atoms with E-state index in [-0.39, 0.29) is 16.2 Å². The van der Waals surface area contributed by atoms with Gasteiger partial charge in [0.25, 0.3) is 5.91 Å². The number of nitrogens with zero attached hydrogens (tertiary/aromatic N) is 1. The summed E-state index contributed by atoms with van der Waals surface area (Å²) in [7, 11) is -3.67. The summed E-state index contributed by atoms with van der Waals surface area (Å²) in [6, 6.07) is 12.4. The average molecular weight is 417 g/mol. The zero-order valence-corrected chi connectivity index (χ0v) is 18.2. The molecular formula is C22H28N2O4S. The third kappa shape index (κ3) is 4.69. The van der Waals surface area contributed by atoms with E-state index in [0.717, 1.165) is 16.8 Å². The van der Waals surface area contributed by atoms with Gasteiger partial charge in [0.2, 0.25) is 10.0 Å². The van der Waals surface area contributed by atoms with E-state index in [9.17, 15) is 13.2 Å². The predicted octanol–water partition coefficient (Wildman–Crippen LogP) is 3.57. The van der Waals surface area contributed by atoms with Crippen LogP contribution in [0.5, 0.6) is 0 Å². The molecule has 1 N–H and O–H groups in total. The van der Waals surface area contributed by atoms with E-state index in [1.165, 1.54) is 10.4 Å². The first-order valence-corrected chi connectivity index (χ1v) is 11.1. The first kappa shape index (κ1) is 21.5.